The number of terminal acetylenes is 1. The van der Waals surface area contributed by atoms with Crippen LogP contribution in [0.3, 0.4) is 0 Å². The Balaban J connectivity index is 2.34. The van der Waals surface area contributed by atoms with Gasteiger partial charge in [-0.15, -0.1) is 12.3 Å². The molecule has 1 unspecified atom stereocenters. The third-order valence-corrected chi connectivity index (χ3v) is 3.61. The minimum absolute atomic E-state index is 0.101. The van der Waals surface area contributed by atoms with Crippen molar-refractivity contribution in [3.05, 3.63) is 47.0 Å². The van der Waals surface area contributed by atoms with Crippen LogP contribution < -0.4 is 0 Å². The topological polar surface area (TPSA) is 17.1 Å². The molecule has 1 aliphatic rings. The predicted molar refractivity (Wildman–Crippen MR) is 74.5 cm³/mol. The van der Waals surface area contributed by atoms with Crippen molar-refractivity contribution in [1.82, 2.24) is 0 Å². The average molecular weight is 238 g/mol. The minimum atomic E-state index is -0.101. The number of carbonyl (C=O) groups excluding carboxylic acids is 1. The van der Waals surface area contributed by atoms with E-state index in [2.05, 4.69) is 30.7 Å². The van der Waals surface area contributed by atoms with Gasteiger partial charge in [0.1, 0.15) is 5.78 Å². The molecule has 0 fully saturated rings. The number of allylic oxidation sites excluding steroid dienone is 1. The first-order valence-corrected chi connectivity index (χ1v) is 6.36. The third kappa shape index (κ3) is 2.38. The summed E-state index contributed by atoms with van der Waals surface area (Å²) in [6.45, 7) is 5.69. The predicted octanol–water partition coefficient (Wildman–Crippen LogP) is 3.43. The zero-order chi connectivity index (χ0) is 13.1. The maximum atomic E-state index is 11.7. The molecule has 0 saturated heterocycles. The molecular formula is C17H18O. The van der Waals surface area contributed by atoms with E-state index in [0.717, 1.165) is 36.8 Å². The van der Waals surface area contributed by atoms with E-state index in [9.17, 15) is 4.79 Å². The summed E-state index contributed by atoms with van der Waals surface area (Å²) in [4.78, 5) is 11.7. The van der Waals surface area contributed by atoms with Crippen molar-refractivity contribution in [2.45, 2.75) is 38.5 Å². The van der Waals surface area contributed by atoms with E-state index in [-0.39, 0.29) is 11.7 Å². The molecule has 0 spiro atoms. The van der Waals surface area contributed by atoms with Crippen LogP contribution in [0.25, 0.3) is 0 Å². The lowest BCUT2D eigenvalue weighted by Crippen LogP contribution is -2.18. The summed E-state index contributed by atoms with van der Waals surface area (Å²) in [7, 11) is 0. The third-order valence-electron chi connectivity index (χ3n) is 3.61. The quantitative estimate of drug-likeness (QED) is 0.582. The molecule has 18 heavy (non-hydrogen) atoms. The van der Waals surface area contributed by atoms with Gasteiger partial charge in [-0.2, -0.15) is 0 Å². The highest BCUT2D eigenvalue weighted by Crippen LogP contribution is 2.36. The molecule has 0 aromatic heterocycles. The highest BCUT2D eigenvalue weighted by molar-refractivity contribution is 5.87. The Morgan fingerprint density at radius 2 is 2.28 bits per heavy atom. The summed E-state index contributed by atoms with van der Waals surface area (Å²) < 4.78 is 0. The van der Waals surface area contributed by atoms with Gasteiger partial charge in [0, 0.05) is 6.42 Å². The van der Waals surface area contributed by atoms with Gasteiger partial charge in [0.25, 0.3) is 0 Å². The normalized spacial score (nSPS) is 18.0. The molecule has 1 aromatic carbocycles. The van der Waals surface area contributed by atoms with Crippen molar-refractivity contribution in [2.75, 3.05) is 0 Å². The second kappa shape index (κ2) is 5.23. The molecule has 0 radical (unpaired) electrons. The first-order chi connectivity index (χ1) is 8.63. The molecule has 0 saturated carbocycles. The maximum absolute atomic E-state index is 11.7. The Bertz CT molecular complexity index is 531. The summed E-state index contributed by atoms with van der Waals surface area (Å²) in [6, 6.07) is 6.37. The molecule has 1 heteroatoms. The smallest absolute Gasteiger partial charge is 0.141 e. The highest BCUT2D eigenvalue weighted by Gasteiger charge is 2.26. The number of fused-ring (bicyclic) bond motifs is 1. The molecular weight excluding hydrogens is 220 g/mol. The van der Waals surface area contributed by atoms with E-state index < -0.39 is 0 Å². The lowest BCUT2D eigenvalue weighted by Gasteiger charge is -2.26. The van der Waals surface area contributed by atoms with Gasteiger partial charge in [0.15, 0.2) is 0 Å². The molecule has 2 rings (SSSR count). The van der Waals surface area contributed by atoms with Crippen LogP contribution in [-0.2, 0) is 17.6 Å². The average Bonchev–Trinajstić information content (AvgIpc) is 2.35. The van der Waals surface area contributed by atoms with E-state index in [1.807, 2.05) is 0 Å². The molecule has 0 N–H and O–H groups in total. The molecule has 1 nitrogen and oxygen atoms in total. The van der Waals surface area contributed by atoms with E-state index in [1.165, 1.54) is 11.1 Å². The lowest BCUT2D eigenvalue weighted by atomic mass is 9.77. The van der Waals surface area contributed by atoms with Gasteiger partial charge in [0.2, 0.25) is 0 Å². The summed E-state index contributed by atoms with van der Waals surface area (Å²) in [5.74, 6) is 2.75. The van der Waals surface area contributed by atoms with Crippen molar-refractivity contribution in [3.63, 3.8) is 0 Å². The van der Waals surface area contributed by atoms with Crippen LogP contribution in [0, 0.1) is 12.3 Å². The zero-order valence-electron chi connectivity index (χ0n) is 10.8. The Kier molecular flexibility index (Phi) is 3.67. The van der Waals surface area contributed by atoms with Crippen molar-refractivity contribution >= 4 is 5.78 Å². The number of hydrogen-bond donors (Lipinski definition) is 0. The molecule has 0 amide bonds. The fourth-order valence-corrected chi connectivity index (χ4v) is 2.70. The molecule has 1 atom stereocenters. The van der Waals surface area contributed by atoms with Gasteiger partial charge < -0.3 is 0 Å². The van der Waals surface area contributed by atoms with Gasteiger partial charge in [-0.1, -0.05) is 30.4 Å². The fraction of sp³-hybridized carbons (Fsp3) is 0.353. The number of hydrogen-bond acceptors (Lipinski definition) is 1. The molecule has 92 valence electrons. The van der Waals surface area contributed by atoms with Gasteiger partial charge >= 0.3 is 0 Å². The molecule has 1 aromatic rings. The second-order valence-electron chi connectivity index (χ2n) is 4.94. The zero-order valence-corrected chi connectivity index (χ0v) is 10.8. The maximum Gasteiger partial charge on any atom is 0.141 e. The van der Waals surface area contributed by atoms with Gasteiger partial charge in [0.05, 0.1) is 5.92 Å². The van der Waals surface area contributed by atoms with Gasteiger partial charge in [-0.3, -0.25) is 4.79 Å². The Labute approximate surface area is 109 Å². The van der Waals surface area contributed by atoms with Gasteiger partial charge in [-0.25, -0.2) is 0 Å². The van der Waals surface area contributed by atoms with Crippen LogP contribution in [0.5, 0.6) is 0 Å². The first-order valence-electron chi connectivity index (χ1n) is 6.36. The van der Waals surface area contributed by atoms with Crippen LogP contribution in [0.2, 0.25) is 0 Å². The largest absolute Gasteiger partial charge is 0.299 e. The SMILES string of the molecule is C#CCCc1ccc2c(c1)CCC(=C)C2C(C)=O. The van der Waals surface area contributed by atoms with Crippen molar-refractivity contribution in [2.24, 2.45) is 0 Å². The van der Waals surface area contributed by atoms with Crippen molar-refractivity contribution in [1.29, 1.82) is 0 Å². The fourth-order valence-electron chi connectivity index (χ4n) is 2.70. The van der Waals surface area contributed by atoms with E-state index in [4.69, 9.17) is 6.42 Å². The molecule has 1 aliphatic carbocycles. The van der Waals surface area contributed by atoms with Crippen LogP contribution >= 0.6 is 0 Å². The summed E-state index contributed by atoms with van der Waals surface area (Å²) in [5.41, 5.74) is 4.74. The van der Waals surface area contributed by atoms with E-state index in [0.29, 0.717) is 0 Å². The Morgan fingerprint density at radius 3 is 2.94 bits per heavy atom. The van der Waals surface area contributed by atoms with E-state index >= 15 is 0 Å². The summed E-state index contributed by atoms with van der Waals surface area (Å²) >= 11 is 0. The monoisotopic (exact) mass is 238 g/mol. The first kappa shape index (κ1) is 12.6. The molecule has 0 bridgehead atoms. The highest BCUT2D eigenvalue weighted by atomic mass is 16.1. The molecule has 0 heterocycles. The van der Waals surface area contributed by atoms with Crippen molar-refractivity contribution in [3.8, 4) is 12.3 Å². The Morgan fingerprint density at radius 1 is 1.50 bits per heavy atom. The lowest BCUT2D eigenvalue weighted by molar-refractivity contribution is -0.117. The van der Waals surface area contributed by atoms with Crippen LogP contribution in [0.15, 0.2) is 30.4 Å². The van der Waals surface area contributed by atoms with Crippen molar-refractivity contribution < 1.29 is 4.79 Å². The number of aryl methyl sites for hydroxylation is 2. The number of carbonyl (C=O) groups is 1. The van der Waals surface area contributed by atoms with Gasteiger partial charge in [-0.05, 0) is 42.9 Å². The van der Waals surface area contributed by atoms with E-state index in [1.54, 1.807) is 6.92 Å². The number of benzene rings is 1. The molecule has 0 aliphatic heterocycles. The Hall–Kier alpha value is -1.81. The standard InChI is InChI=1S/C17H18O/c1-4-5-6-14-8-10-16-15(11-14)9-7-12(2)17(16)13(3)18/h1,8,10-11,17H,2,5-7,9H2,3H3. The van der Waals surface area contributed by atoms with Crippen LogP contribution in [0.4, 0.5) is 0 Å². The number of rotatable bonds is 3. The minimum Gasteiger partial charge on any atom is -0.299 e. The second-order valence-corrected chi connectivity index (χ2v) is 4.94. The van der Waals surface area contributed by atoms with Crippen LogP contribution in [0.1, 0.15) is 42.4 Å². The summed E-state index contributed by atoms with van der Waals surface area (Å²) in [6.07, 6.45) is 8.87. The van der Waals surface area contributed by atoms with Crippen LogP contribution in [-0.4, -0.2) is 5.78 Å². The number of Topliss-reactive ketones (excluding diaryl/α,β-unsaturated/α-hetero) is 1. The summed E-state index contributed by atoms with van der Waals surface area (Å²) in [5, 5.41) is 0. The number of ketones is 1.